The number of likely N-dealkylation sites (tertiary alicyclic amines) is 1. The molecule has 0 unspecified atom stereocenters. The number of carbonyl (C=O) groups excluding carboxylic acids is 2. The molecule has 8 heteroatoms. The van der Waals surface area contributed by atoms with Gasteiger partial charge in [0.15, 0.2) is 0 Å². The molecule has 6 nitrogen and oxygen atoms in total. The molecule has 1 aromatic carbocycles. The van der Waals surface area contributed by atoms with Gasteiger partial charge in [0, 0.05) is 25.2 Å². The molecule has 0 saturated carbocycles. The minimum Gasteiger partial charge on any atom is -0.434 e. The maximum absolute atomic E-state index is 12.3. The molecule has 0 spiro atoms. The predicted molar refractivity (Wildman–Crippen MR) is 79.1 cm³/mol. The van der Waals surface area contributed by atoms with Crippen LogP contribution in [0.4, 0.5) is 13.6 Å². The number of hydrogen-bond acceptors (Lipinski definition) is 3. The van der Waals surface area contributed by atoms with Crippen molar-refractivity contribution in [1.82, 2.24) is 15.5 Å². The molecule has 1 aromatic rings. The number of rotatable bonds is 6. The van der Waals surface area contributed by atoms with E-state index in [0.717, 1.165) is 25.9 Å². The fourth-order valence-electron chi connectivity index (χ4n) is 2.33. The van der Waals surface area contributed by atoms with E-state index < -0.39 is 12.6 Å². The highest BCUT2D eigenvalue weighted by Gasteiger charge is 2.18. The van der Waals surface area contributed by atoms with Crippen LogP contribution in [0.15, 0.2) is 24.3 Å². The van der Waals surface area contributed by atoms with Crippen molar-refractivity contribution in [2.75, 3.05) is 19.6 Å². The van der Waals surface area contributed by atoms with Crippen molar-refractivity contribution in [3.05, 3.63) is 29.8 Å². The molecular weight excluding hydrogens is 308 g/mol. The lowest BCUT2D eigenvalue weighted by Crippen LogP contribution is -2.42. The Hall–Kier alpha value is -2.38. The number of ether oxygens (including phenoxy) is 1. The Kier molecular flexibility index (Phi) is 6.13. The van der Waals surface area contributed by atoms with Gasteiger partial charge in [0.1, 0.15) is 5.75 Å². The Morgan fingerprint density at radius 3 is 2.57 bits per heavy atom. The summed E-state index contributed by atoms with van der Waals surface area (Å²) in [6.07, 6.45) is 1.97. The minimum absolute atomic E-state index is 0.0101. The summed E-state index contributed by atoms with van der Waals surface area (Å²) in [7, 11) is 0. The molecule has 0 bridgehead atoms. The van der Waals surface area contributed by atoms with Gasteiger partial charge < -0.3 is 20.3 Å². The SMILES string of the molecule is O=C(NCC(=O)N1CCCC1)NCc1ccccc1OC(F)F. The van der Waals surface area contributed by atoms with Crippen LogP contribution in [0.5, 0.6) is 5.75 Å². The lowest BCUT2D eigenvalue weighted by atomic mass is 10.2. The summed E-state index contributed by atoms with van der Waals surface area (Å²) in [6.45, 7) is -1.54. The number of benzene rings is 1. The Morgan fingerprint density at radius 1 is 1.17 bits per heavy atom. The van der Waals surface area contributed by atoms with E-state index in [1.54, 1.807) is 23.1 Å². The van der Waals surface area contributed by atoms with Gasteiger partial charge in [-0.25, -0.2) is 4.79 Å². The van der Waals surface area contributed by atoms with Gasteiger partial charge in [-0.15, -0.1) is 0 Å². The van der Waals surface area contributed by atoms with E-state index in [1.807, 2.05) is 0 Å². The van der Waals surface area contributed by atoms with Crippen molar-refractivity contribution in [2.24, 2.45) is 0 Å². The van der Waals surface area contributed by atoms with Crippen molar-refractivity contribution < 1.29 is 23.1 Å². The zero-order valence-corrected chi connectivity index (χ0v) is 12.6. The van der Waals surface area contributed by atoms with Crippen LogP contribution in [-0.4, -0.2) is 43.1 Å². The standard InChI is InChI=1S/C15H19F2N3O3/c16-14(17)23-12-6-2-1-5-11(12)9-18-15(22)19-10-13(21)20-7-3-4-8-20/h1-2,5-6,14H,3-4,7-10H2,(H2,18,19,22). The zero-order chi connectivity index (χ0) is 16.7. The van der Waals surface area contributed by atoms with E-state index in [2.05, 4.69) is 15.4 Å². The van der Waals surface area contributed by atoms with E-state index in [4.69, 9.17) is 0 Å². The van der Waals surface area contributed by atoms with Crippen LogP contribution in [0.3, 0.4) is 0 Å². The smallest absolute Gasteiger partial charge is 0.387 e. The number of hydrogen-bond donors (Lipinski definition) is 2. The highest BCUT2D eigenvalue weighted by Crippen LogP contribution is 2.19. The van der Waals surface area contributed by atoms with Crippen molar-refractivity contribution in [3.8, 4) is 5.75 Å². The van der Waals surface area contributed by atoms with Crippen molar-refractivity contribution in [3.63, 3.8) is 0 Å². The summed E-state index contributed by atoms with van der Waals surface area (Å²) in [5.74, 6) is -0.116. The van der Waals surface area contributed by atoms with Gasteiger partial charge in [-0.1, -0.05) is 18.2 Å². The van der Waals surface area contributed by atoms with Gasteiger partial charge in [-0.05, 0) is 18.9 Å². The third kappa shape index (κ3) is 5.39. The summed E-state index contributed by atoms with van der Waals surface area (Å²) >= 11 is 0. The van der Waals surface area contributed by atoms with Gasteiger partial charge in [0.25, 0.3) is 0 Å². The van der Waals surface area contributed by atoms with Crippen molar-refractivity contribution in [2.45, 2.75) is 26.0 Å². The third-order valence-electron chi connectivity index (χ3n) is 3.49. The molecule has 1 aliphatic rings. The molecule has 0 aromatic heterocycles. The first-order valence-corrected chi connectivity index (χ1v) is 7.38. The van der Waals surface area contributed by atoms with Gasteiger partial charge in [-0.2, -0.15) is 8.78 Å². The molecular formula is C15H19F2N3O3. The van der Waals surface area contributed by atoms with Crippen LogP contribution in [0.1, 0.15) is 18.4 Å². The van der Waals surface area contributed by atoms with E-state index >= 15 is 0 Å². The number of para-hydroxylation sites is 1. The van der Waals surface area contributed by atoms with E-state index in [9.17, 15) is 18.4 Å². The average Bonchev–Trinajstić information content (AvgIpc) is 3.05. The molecule has 3 amide bonds. The van der Waals surface area contributed by atoms with Gasteiger partial charge >= 0.3 is 12.6 Å². The molecule has 126 valence electrons. The second kappa shape index (κ2) is 8.30. The molecule has 0 radical (unpaired) electrons. The van der Waals surface area contributed by atoms with Gasteiger partial charge in [0.05, 0.1) is 6.54 Å². The number of amides is 3. The van der Waals surface area contributed by atoms with Crippen molar-refractivity contribution in [1.29, 1.82) is 0 Å². The van der Waals surface area contributed by atoms with Crippen molar-refractivity contribution >= 4 is 11.9 Å². The van der Waals surface area contributed by atoms with E-state index in [1.165, 1.54) is 6.07 Å². The Labute approximate surface area is 132 Å². The highest BCUT2D eigenvalue weighted by atomic mass is 19.3. The predicted octanol–water partition coefficient (Wildman–Crippen LogP) is 1.71. The van der Waals surface area contributed by atoms with Crippen LogP contribution in [0.2, 0.25) is 0 Å². The molecule has 1 fully saturated rings. The molecule has 0 atom stereocenters. The number of alkyl halides is 2. The lowest BCUT2D eigenvalue weighted by Gasteiger charge is -2.16. The normalized spacial score (nSPS) is 14.0. The second-order valence-corrected chi connectivity index (χ2v) is 5.11. The molecule has 23 heavy (non-hydrogen) atoms. The molecule has 2 rings (SSSR count). The minimum atomic E-state index is -2.93. The van der Waals surface area contributed by atoms with Gasteiger partial charge in [-0.3, -0.25) is 4.79 Å². The lowest BCUT2D eigenvalue weighted by molar-refractivity contribution is -0.129. The first-order chi connectivity index (χ1) is 11.1. The summed E-state index contributed by atoms with van der Waals surface area (Å²) in [6, 6.07) is 5.66. The van der Waals surface area contributed by atoms with Crippen LogP contribution in [0, 0.1) is 0 Å². The van der Waals surface area contributed by atoms with Crippen LogP contribution in [-0.2, 0) is 11.3 Å². The zero-order valence-electron chi connectivity index (χ0n) is 12.6. The number of carbonyl (C=O) groups is 2. The number of halogens is 2. The molecule has 1 heterocycles. The second-order valence-electron chi connectivity index (χ2n) is 5.11. The quantitative estimate of drug-likeness (QED) is 0.836. The Balaban J connectivity index is 1.77. The Morgan fingerprint density at radius 2 is 1.87 bits per heavy atom. The molecule has 1 aliphatic heterocycles. The monoisotopic (exact) mass is 327 g/mol. The number of nitrogens with zero attached hydrogens (tertiary/aromatic N) is 1. The summed E-state index contributed by atoms with van der Waals surface area (Å²) in [5, 5.41) is 4.97. The first-order valence-electron chi connectivity index (χ1n) is 7.38. The van der Waals surface area contributed by atoms with E-state index in [0.29, 0.717) is 5.56 Å². The Bertz CT molecular complexity index is 549. The average molecular weight is 327 g/mol. The molecule has 1 saturated heterocycles. The summed E-state index contributed by atoms with van der Waals surface area (Å²) in [5.41, 5.74) is 0.425. The maximum Gasteiger partial charge on any atom is 0.387 e. The third-order valence-corrected chi connectivity index (χ3v) is 3.49. The first kappa shape index (κ1) is 17.0. The van der Waals surface area contributed by atoms with Crippen LogP contribution < -0.4 is 15.4 Å². The number of urea groups is 1. The van der Waals surface area contributed by atoms with Gasteiger partial charge in [0.2, 0.25) is 5.91 Å². The van der Waals surface area contributed by atoms with Crippen LogP contribution in [0.25, 0.3) is 0 Å². The largest absolute Gasteiger partial charge is 0.434 e. The van der Waals surface area contributed by atoms with Crippen LogP contribution >= 0.6 is 0 Å². The summed E-state index contributed by atoms with van der Waals surface area (Å²) in [4.78, 5) is 25.2. The topological polar surface area (TPSA) is 70.7 Å². The number of nitrogens with one attached hydrogen (secondary N) is 2. The fraction of sp³-hybridized carbons (Fsp3) is 0.467. The fourth-order valence-corrected chi connectivity index (χ4v) is 2.33. The molecule has 0 aliphatic carbocycles. The van der Waals surface area contributed by atoms with E-state index in [-0.39, 0.29) is 24.7 Å². The summed E-state index contributed by atoms with van der Waals surface area (Å²) < 4.78 is 29.0. The molecule has 2 N–H and O–H groups in total. The highest BCUT2D eigenvalue weighted by molar-refractivity contribution is 5.84. The maximum atomic E-state index is 12.3.